The number of phosphoric ester groups is 2. The largest absolute Gasteiger partial charge is 0.472 e. The average Bonchev–Trinajstić information content (AvgIpc) is 0.900. The van der Waals surface area contributed by atoms with Gasteiger partial charge in [0.05, 0.1) is 26.4 Å². The van der Waals surface area contributed by atoms with E-state index in [2.05, 4.69) is 179 Å². The molecule has 0 aromatic heterocycles. The zero-order chi connectivity index (χ0) is 80.8. The fraction of sp³-hybridized carbons (Fsp3) is 0.688. The predicted molar refractivity (Wildman–Crippen MR) is 463 cm³/mol. The lowest BCUT2D eigenvalue weighted by molar-refractivity contribution is -0.161. The first kappa shape index (κ1) is 106. The molecule has 4 N–H and O–H groups in total. The third-order valence-corrected chi connectivity index (χ3v) is 20.1. The molecule has 5 unspecified atom stereocenters. The van der Waals surface area contributed by atoms with E-state index < -0.39 is 91.5 Å². The maximum absolute atomic E-state index is 13.0. The van der Waals surface area contributed by atoms with Gasteiger partial charge in [-0.1, -0.05) is 346 Å². The Labute approximate surface area is 676 Å². The predicted octanol–water partition coefficient (Wildman–Crippen LogP) is 26.5. The molecule has 0 spiro atoms. The molecule has 111 heavy (non-hydrogen) atoms. The highest BCUT2D eigenvalue weighted by atomic mass is 31.2. The van der Waals surface area contributed by atoms with Crippen LogP contribution in [0, 0.1) is 0 Å². The first-order valence-corrected chi connectivity index (χ1v) is 46.8. The first-order chi connectivity index (χ1) is 54.2. The second-order valence-corrected chi connectivity index (χ2v) is 31.8. The van der Waals surface area contributed by atoms with E-state index in [4.69, 9.17) is 32.3 Å². The van der Waals surface area contributed by atoms with E-state index in [0.717, 1.165) is 154 Å². The van der Waals surface area contributed by atoms with E-state index in [0.29, 0.717) is 19.3 Å². The second kappa shape index (κ2) is 84.6. The van der Waals surface area contributed by atoms with Crippen LogP contribution in [0.4, 0.5) is 0 Å². The van der Waals surface area contributed by atoms with Gasteiger partial charge in [-0.2, -0.15) is 0 Å². The van der Waals surface area contributed by atoms with Gasteiger partial charge in [0, 0.05) is 19.3 Å². The molecular weight excluding hydrogens is 1430 g/mol. The summed E-state index contributed by atoms with van der Waals surface area (Å²) in [5, 5.41) is 20.7. The van der Waals surface area contributed by atoms with Crippen molar-refractivity contribution in [3.8, 4) is 0 Å². The van der Waals surface area contributed by atoms with E-state index in [-0.39, 0.29) is 19.3 Å². The Morgan fingerprint density at radius 3 is 0.757 bits per heavy atom. The fourth-order valence-electron chi connectivity index (χ4n) is 11.6. The standard InChI is InChI=1S/C93H158O16P2/c1-4-7-10-13-16-19-22-25-28-31-33-35-37-39-41-42-43-44-46-48-49-51-53-56-58-61-64-67-70-73-76-79-91(96)103-82-88(94)83-105-110(99,100)106-84-89(95)85-107-111(101,102)108-87-90(109-93(98)81-78-75-72-69-66-63-60-55-30-27-24-21-18-15-12-9-6-3)86-104-92(97)80-77-74-71-68-65-62-59-57-54-52-50-47-45-40-38-36-34-32-29-26-23-20-17-14-11-8-5-2/h7,9-10,12,16-21,25-30,33-36,39-41,45,60,63,88-90,94-95H,4-6,8,11,13-15,22-24,31-32,37-38,42-44,46-59,61-62,64-87H2,1-3H3,(H,99,100)(H,101,102)/b10-7-,12-9-,19-16-,20-17-,21-18-,28-25-,29-26-,30-27-,35-33-,36-34-,41-39-,45-40-,63-60-. The molecule has 0 bridgehead atoms. The number of unbranched alkanes of at least 4 members (excludes halogenated alkanes) is 33. The topological polar surface area (TPSA) is 231 Å². The molecule has 0 rings (SSSR count). The van der Waals surface area contributed by atoms with Gasteiger partial charge in [0.2, 0.25) is 0 Å². The highest BCUT2D eigenvalue weighted by molar-refractivity contribution is 7.47. The summed E-state index contributed by atoms with van der Waals surface area (Å²) in [6.07, 6.45) is 107. The summed E-state index contributed by atoms with van der Waals surface area (Å²) >= 11 is 0. The van der Waals surface area contributed by atoms with Gasteiger partial charge in [0.1, 0.15) is 25.4 Å². The quantitative estimate of drug-likeness (QED) is 0.0146. The monoisotopic (exact) mass is 1590 g/mol. The molecule has 16 nitrogen and oxygen atoms in total. The van der Waals surface area contributed by atoms with Gasteiger partial charge in [-0.25, -0.2) is 9.13 Å². The van der Waals surface area contributed by atoms with Crippen molar-refractivity contribution in [3.63, 3.8) is 0 Å². The Morgan fingerprint density at radius 1 is 0.261 bits per heavy atom. The minimum atomic E-state index is -4.95. The highest BCUT2D eigenvalue weighted by Crippen LogP contribution is 2.45. The van der Waals surface area contributed by atoms with Crippen LogP contribution >= 0.6 is 15.6 Å². The van der Waals surface area contributed by atoms with Crippen molar-refractivity contribution in [2.24, 2.45) is 0 Å². The lowest BCUT2D eigenvalue weighted by Crippen LogP contribution is -2.30. The normalized spacial score (nSPS) is 14.6. The summed E-state index contributed by atoms with van der Waals surface area (Å²) in [6, 6.07) is 0. The number of aliphatic hydroxyl groups is 2. The van der Waals surface area contributed by atoms with Crippen LogP contribution in [-0.4, -0.2) is 95.9 Å². The van der Waals surface area contributed by atoms with E-state index in [1.54, 1.807) is 0 Å². The molecule has 0 fully saturated rings. The summed E-state index contributed by atoms with van der Waals surface area (Å²) < 4.78 is 61.3. The van der Waals surface area contributed by atoms with Crippen molar-refractivity contribution < 1.29 is 75.8 Å². The van der Waals surface area contributed by atoms with Gasteiger partial charge in [0.25, 0.3) is 0 Å². The van der Waals surface area contributed by atoms with Crippen molar-refractivity contribution in [1.29, 1.82) is 0 Å². The molecule has 0 saturated carbocycles. The molecule has 5 atom stereocenters. The van der Waals surface area contributed by atoms with Crippen molar-refractivity contribution in [3.05, 3.63) is 158 Å². The second-order valence-electron chi connectivity index (χ2n) is 28.9. The summed E-state index contributed by atoms with van der Waals surface area (Å²) in [6.45, 7) is 2.42. The maximum atomic E-state index is 13.0. The Kier molecular flexibility index (Phi) is 80.9. The van der Waals surface area contributed by atoms with Crippen molar-refractivity contribution in [2.75, 3.05) is 39.6 Å². The third-order valence-electron chi connectivity index (χ3n) is 18.2. The highest BCUT2D eigenvalue weighted by Gasteiger charge is 2.29. The van der Waals surface area contributed by atoms with Crippen LogP contribution in [0.25, 0.3) is 0 Å². The van der Waals surface area contributed by atoms with Gasteiger partial charge in [-0.3, -0.25) is 32.5 Å². The van der Waals surface area contributed by atoms with Gasteiger partial charge in [-0.15, -0.1) is 0 Å². The van der Waals surface area contributed by atoms with Crippen LogP contribution in [0.5, 0.6) is 0 Å². The van der Waals surface area contributed by atoms with Crippen molar-refractivity contribution in [1.82, 2.24) is 0 Å². The van der Waals surface area contributed by atoms with Gasteiger partial charge in [0.15, 0.2) is 6.10 Å². The number of carbonyl (C=O) groups is 3. The van der Waals surface area contributed by atoms with Gasteiger partial charge in [-0.05, 0) is 148 Å². The smallest absolute Gasteiger partial charge is 0.463 e. The summed E-state index contributed by atoms with van der Waals surface area (Å²) in [5.41, 5.74) is 0. The molecule has 0 radical (unpaired) electrons. The number of carbonyl (C=O) groups excluding carboxylic acids is 3. The molecule has 0 aromatic carbocycles. The Morgan fingerprint density at radius 2 is 0.477 bits per heavy atom. The number of phosphoric acid groups is 2. The number of aliphatic hydroxyl groups excluding tert-OH is 2. The molecule has 0 amide bonds. The van der Waals surface area contributed by atoms with Crippen LogP contribution in [0.3, 0.4) is 0 Å². The van der Waals surface area contributed by atoms with Crippen LogP contribution in [0.2, 0.25) is 0 Å². The minimum absolute atomic E-state index is 0.0726. The van der Waals surface area contributed by atoms with Crippen LogP contribution in [0.1, 0.15) is 355 Å². The summed E-state index contributed by atoms with van der Waals surface area (Å²) in [4.78, 5) is 58.9. The Hall–Kier alpha value is -4.83. The molecular formula is C93H158O16P2. The number of hydrogen-bond donors (Lipinski definition) is 4. The summed E-state index contributed by atoms with van der Waals surface area (Å²) in [5.74, 6) is -1.60. The zero-order valence-electron chi connectivity index (χ0n) is 69.8. The number of esters is 3. The maximum Gasteiger partial charge on any atom is 0.472 e. The molecule has 0 aliphatic rings. The number of hydrogen-bond acceptors (Lipinski definition) is 14. The first-order valence-electron chi connectivity index (χ1n) is 43.8. The summed E-state index contributed by atoms with van der Waals surface area (Å²) in [7, 11) is -9.81. The van der Waals surface area contributed by atoms with Crippen molar-refractivity contribution in [2.45, 2.75) is 373 Å². The SMILES string of the molecule is CC/C=C\C/C=C\C/C=C\C/C=C\C/C=C\CCCCCCCCCCCCCCCCCC(=O)OCC(O)COP(=O)(O)OCC(O)COP(=O)(O)OCC(COC(=O)CCCCCCCCCCCCC/C=C\C/C=C\C/C=C\C/C=C\CCCCC)OC(=O)CCCCCC/C=C\C/C=C\C/C=C\C/C=C\CC. The number of allylic oxidation sites excluding steroid dienone is 26. The van der Waals surface area contributed by atoms with Crippen molar-refractivity contribution >= 4 is 33.6 Å². The molecule has 0 saturated heterocycles. The minimum Gasteiger partial charge on any atom is -0.463 e. The number of rotatable bonds is 82. The Balaban J connectivity index is 4.54. The third kappa shape index (κ3) is 85.9. The molecule has 0 aliphatic carbocycles. The van der Waals surface area contributed by atoms with Gasteiger partial charge < -0.3 is 34.2 Å². The van der Waals surface area contributed by atoms with E-state index in [1.807, 2.05) is 0 Å². The lowest BCUT2D eigenvalue weighted by atomic mass is 10.0. The Bertz CT molecular complexity index is 2650. The molecule has 0 aromatic rings. The molecule has 18 heteroatoms. The van der Waals surface area contributed by atoms with E-state index in [1.165, 1.54) is 141 Å². The zero-order valence-corrected chi connectivity index (χ0v) is 71.6. The molecule has 636 valence electrons. The van der Waals surface area contributed by atoms with Crippen LogP contribution in [-0.2, 0) is 55.8 Å². The van der Waals surface area contributed by atoms with E-state index >= 15 is 0 Å². The van der Waals surface area contributed by atoms with Crippen LogP contribution < -0.4 is 0 Å². The number of ether oxygens (including phenoxy) is 3. The van der Waals surface area contributed by atoms with Gasteiger partial charge >= 0.3 is 33.6 Å². The average molecular weight is 1590 g/mol. The fourth-order valence-corrected chi connectivity index (χ4v) is 13.2. The van der Waals surface area contributed by atoms with Crippen LogP contribution in [0.15, 0.2) is 158 Å². The van der Waals surface area contributed by atoms with E-state index in [9.17, 15) is 43.5 Å². The lowest BCUT2D eigenvalue weighted by Gasteiger charge is -2.21. The molecule has 0 aliphatic heterocycles. The molecule has 0 heterocycles.